The molecule has 14 aliphatic heterocycles. The van der Waals surface area contributed by atoms with E-state index in [1.54, 1.807) is 0 Å². The summed E-state index contributed by atoms with van der Waals surface area (Å²) in [6.45, 7) is 54.4. The molecule has 14 saturated heterocycles. The Morgan fingerprint density at radius 1 is 0.314 bits per heavy atom. The fraction of sp³-hybridized carbons (Fsp3) is 1.00. The Morgan fingerprint density at radius 2 is 0.700 bits per heavy atom. The molecule has 410 valence electrons. The smallest absolute Gasteiger partial charge is 0.0718 e. The first-order valence-electron chi connectivity index (χ1n) is 28.6. The highest BCUT2D eigenvalue weighted by molar-refractivity contribution is 5.02. The van der Waals surface area contributed by atoms with E-state index in [0.717, 1.165) is 77.7 Å². The molecule has 14 heterocycles. The summed E-state index contributed by atoms with van der Waals surface area (Å²) < 4.78 is 27.9. The van der Waals surface area contributed by atoms with Crippen molar-refractivity contribution in [3.8, 4) is 0 Å². The van der Waals surface area contributed by atoms with Gasteiger partial charge >= 0.3 is 0 Å². The predicted molar refractivity (Wildman–Crippen MR) is 291 cm³/mol. The van der Waals surface area contributed by atoms with Gasteiger partial charge in [0.2, 0.25) is 0 Å². The standard InChI is InChI=1S/3C10H19NO.C10H19N.2C9H17NO.CH4/c1-10(2,3)11-6-9-5-4-8(11)7-12-9;1-10(2,3)11-8-4-5-9(11)7-12-6-8;1-10(2,3)11-6-8-4-5-9(7-11)12-8;1-10(2,3)11-6-8-4-9(5-8)7-11;1-9(2,3)10-5-8-4-7(10)6-11-8;1-9(2,3)10-7-4-8(10)6-11-5-7;/h3*8-9H,4-7H2,1-3H3;8-9H,4-7H2,1-3H3;2*7-8H,4-6H2,1-3H3;1H4. The molecule has 15 fully saturated rings. The lowest BCUT2D eigenvalue weighted by atomic mass is 9.70. The Labute approximate surface area is 432 Å². The van der Waals surface area contributed by atoms with Gasteiger partial charge in [-0.15, -0.1) is 0 Å². The van der Waals surface area contributed by atoms with Crippen molar-refractivity contribution < 1.29 is 23.7 Å². The maximum atomic E-state index is 5.78. The third-order valence-corrected chi connectivity index (χ3v) is 17.8. The number of rotatable bonds is 0. The van der Waals surface area contributed by atoms with Crippen molar-refractivity contribution in [1.82, 2.24) is 29.4 Å². The normalized spacial score (nSPS) is 37.3. The molecule has 0 amide bonds. The van der Waals surface area contributed by atoms with Crippen LogP contribution in [0.25, 0.3) is 0 Å². The third-order valence-electron chi connectivity index (χ3n) is 17.8. The average molecular weight is 988 g/mol. The van der Waals surface area contributed by atoms with Gasteiger partial charge in [-0.05, 0) is 201 Å². The quantitative estimate of drug-likeness (QED) is 0.233. The van der Waals surface area contributed by atoms with Crippen LogP contribution in [0.2, 0.25) is 0 Å². The largest absolute Gasteiger partial charge is 0.378 e. The van der Waals surface area contributed by atoms with Crippen molar-refractivity contribution in [3.63, 3.8) is 0 Å². The summed E-state index contributed by atoms with van der Waals surface area (Å²) in [5.41, 5.74) is 2.07. The molecule has 10 unspecified atom stereocenters. The summed E-state index contributed by atoms with van der Waals surface area (Å²) in [5.74, 6) is 2.10. The Kier molecular flexibility index (Phi) is 19.4. The van der Waals surface area contributed by atoms with Crippen LogP contribution in [-0.2, 0) is 23.7 Å². The molecule has 11 nitrogen and oxygen atoms in total. The van der Waals surface area contributed by atoms with Crippen LogP contribution in [0.5, 0.6) is 0 Å². The van der Waals surface area contributed by atoms with E-state index < -0.39 is 0 Å². The van der Waals surface area contributed by atoms with Crippen molar-refractivity contribution in [2.45, 2.75) is 290 Å². The first-order valence-corrected chi connectivity index (χ1v) is 28.6. The molecule has 15 rings (SSSR count). The number of fused-ring (bicyclic) bond motifs is 13. The van der Waals surface area contributed by atoms with Crippen LogP contribution in [0.15, 0.2) is 0 Å². The lowest BCUT2D eigenvalue weighted by molar-refractivity contribution is -0.164. The molecule has 1 saturated carbocycles. The van der Waals surface area contributed by atoms with Gasteiger partial charge in [0, 0.05) is 109 Å². The first kappa shape index (κ1) is 58.8. The zero-order chi connectivity index (χ0) is 50.5. The number of likely N-dealkylation sites (tertiary alicyclic amines) is 2. The highest BCUT2D eigenvalue weighted by Crippen LogP contribution is 2.42. The summed E-state index contributed by atoms with van der Waals surface area (Å²) in [5, 5.41) is 0. The minimum absolute atomic E-state index is 0. The number of piperidine rings is 3. The van der Waals surface area contributed by atoms with Gasteiger partial charge in [0.15, 0.2) is 0 Å². The summed E-state index contributed by atoms with van der Waals surface area (Å²) in [6, 6.07) is 4.23. The monoisotopic (exact) mass is 987 g/mol. The van der Waals surface area contributed by atoms with Gasteiger partial charge in [-0.2, -0.15) is 0 Å². The van der Waals surface area contributed by atoms with Crippen LogP contribution in [0.4, 0.5) is 0 Å². The van der Waals surface area contributed by atoms with Crippen molar-refractivity contribution >= 4 is 0 Å². The van der Waals surface area contributed by atoms with Crippen LogP contribution in [0.3, 0.4) is 0 Å². The van der Waals surface area contributed by atoms with Crippen molar-refractivity contribution in [2.24, 2.45) is 11.8 Å². The fourth-order valence-electron chi connectivity index (χ4n) is 14.3. The van der Waals surface area contributed by atoms with E-state index >= 15 is 0 Å². The van der Waals surface area contributed by atoms with Crippen LogP contribution >= 0.6 is 0 Å². The van der Waals surface area contributed by atoms with Gasteiger partial charge in [-0.3, -0.25) is 29.4 Å². The second-order valence-electron chi connectivity index (χ2n) is 29.6. The van der Waals surface area contributed by atoms with E-state index in [-0.39, 0.29) is 7.43 Å². The van der Waals surface area contributed by atoms with Crippen molar-refractivity contribution in [1.29, 1.82) is 0 Å². The van der Waals surface area contributed by atoms with Crippen LogP contribution in [0, 0.1) is 11.8 Å². The highest BCUT2D eigenvalue weighted by atomic mass is 16.5. The minimum Gasteiger partial charge on any atom is -0.378 e. The minimum atomic E-state index is 0. The molecule has 15 aliphatic rings. The van der Waals surface area contributed by atoms with Gasteiger partial charge in [-0.25, -0.2) is 0 Å². The Hall–Kier alpha value is -0.440. The Bertz CT molecular complexity index is 1520. The van der Waals surface area contributed by atoms with Gasteiger partial charge in [-0.1, -0.05) is 7.43 Å². The topological polar surface area (TPSA) is 65.6 Å². The molecule has 0 aromatic heterocycles. The first-order chi connectivity index (χ1) is 31.9. The number of morpholine rings is 5. The number of ether oxygens (including phenoxy) is 5. The second-order valence-corrected chi connectivity index (χ2v) is 29.6. The zero-order valence-electron chi connectivity index (χ0n) is 48.2. The van der Waals surface area contributed by atoms with Crippen molar-refractivity contribution in [2.75, 3.05) is 78.9 Å². The average Bonchev–Trinajstić information content (AvgIpc) is 4.03. The number of hydrogen-bond acceptors (Lipinski definition) is 11. The SMILES string of the molecule is C.CC(C)(C)N1C2CCC1COC2.CC(C)(C)N1C2COCC1C2.CC(C)(C)N1CC2CC(C2)C1.CC(C)(C)N1CC2CC1CO2.CC(C)(C)N1CC2CCC(C1)O2.CC(C)(C)N1CC2CCC1CO2. The van der Waals surface area contributed by atoms with E-state index in [1.165, 1.54) is 77.3 Å². The summed E-state index contributed by atoms with van der Waals surface area (Å²) in [4.78, 5) is 15.6. The van der Waals surface area contributed by atoms with Gasteiger partial charge < -0.3 is 23.7 Å². The molecule has 70 heavy (non-hydrogen) atoms. The van der Waals surface area contributed by atoms with E-state index in [0.29, 0.717) is 93.9 Å². The van der Waals surface area contributed by atoms with E-state index in [9.17, 15) is 0 Å². The predicted octanol–water partition coefficient (Wildman–Crippen LogP) is 10.2. The molecule has 12 bridgehead atoms. The Balaban J connectivity index is 0.000000137. The van der Waals surface area contributed by atoms with Gasteiger partial charge in [0.1, 0.15) is 0 Å². The molecule has 0 N–H and O–H groups in total. The molecule has 1 aliphatic carbocycles. The maximum Gasteiger partial charge on any atom is 0.0718 e. The molecule has 0 aromatic rings. The molecule has 11 heteroatoms. The Morgan fingerprint density at radius 3 is 0.986 bits per heavy atom. The summed E-state index contributed by atoms with van der Waals surface area (Å²) >= 11 is 0. The molecule has 0 radical (unpaired) electrons. The van der Waals surface area contributed by atoms with Gasteiger partial charge in [0.25, 0.3) is 0 Å². The van der Waals surface area contributed by atoms with Crippen LogP contribution in [0.1, 0.15) is 196 Å². The lowest BCUT2D eigenvalue weighted by Gasteiger charge is -2.58. The molecule has 0 aromatic carbocycles. The molecular formula is C59H114N6O5. The maximum absolute atomic E-state index is 5.78. The van der Waals surface area contributed by atoms with E-state index in [4.69, 9.17) is 23.7 Å². The number of hydrogen-bond donors (Lipinski definition) is 0. The molecular weight excluding hydrogens is 873 g/mol. The number of nitrogens with zero attached hydrogens (tertiary/aromatic N) is 6. The lowest BCUT2D eigenvalue weighted by Crippen LogP contribution is -2.69. The summed E-state index contributed by atoms with van der Waals surface area (Å²) in [6.07, 6.45) is 15.6. The molecule has 0 spiro atoms. The van der Waals surface area contributed by atoms with Gasteiger partial charge in [0.05, 0.1) is 64.1 Å². The summed E-state index contributed by atoms with van der Waals surface area (Å²) in [7, 11) is 0. The van der Waals surface area contributed by atoms with E-state index in [2.05, 4.69) is 154 Å². The van der Waals surface area contributed by atoms with Crippen molar-refractivity contribution in [3.05, 3.63) is 0 Å². The zero-order valence-corrected chi connectivity index (χ0v) is 48.2. The van der Waals surface area contributed by atoms with Crippen LogP contribution < -0.4 is 0 Å². The third kappa shape index (κ3) is 15.1. The van der Waals surface area contributed by atoms with Crippen LogP contribution in [-0.4, -0.2) is 202 Å². The molecule has 10 atom stereocenters. The fourth-order valence-corrected chi connectivity index (χ4v) is 14.3. The van der Waals surface area contributed by atoms with E-state index in [1.807, 2.05) is 0 Å². The second kappa shape index (κ2) is 23.0. The highest BCUT2D eigenvalue weighted by Gasteiger charge is 2.48.